The highest BCUT2D eigenvalue weighted by atomic mass is 35.5. The molecule has 1 heterocycles. The van der Waals surface area contributed by atoms with Crippen LogP contribution < -0.4 is 0 Å². The van der Waals surface area contributed by atoms with Gasteiger partial charge in [-0.1, -0.05) is 36.0 Å². The maximum absolute atomic E-state index is 14.8. The fourth-order valence-corrected chi connectivity index (χ4v) is 5.49. The van der Waals surface area contributed by atoms with Crippen LogP contribution in [0.4, 0.5) is 4.39 Å². The predicted molar refractivity (Wildman–Crippen MR) is 151 cm³/mol. The van der Waals surface area contributed by atoms with Crippen molar-refractivity contribution < 1.29 is 23.5 Å². The van der Waals surface area contributed by atoms with Gasteiger partial charge in [0.1, 0.15) is 5.82 Å². The van der Waals surface area contributed by atoms with Crippen molar-refractivity contribution in [3.05, 3.63) is 47.3 Å². The lowest BCUT2D eigenvalue weighted by molar-refractivity contribution is -0.143. The van der Waals surface area contributed by atoms with Gasteiger partial charge in [0.05, 0.1) is 12.6 Å². The Morgan fingerprint density at radius 2 is 1.92 bits per heavy atom. The van der Waals surface area contributed by atoms with Gasteiger partial charge in [0.25, 0.3) is 0 Å². The first-order chi connectivity index (χ1) is 16.8. The number of thioether (sulfide) groups is 1. The first-order valence-electron chi connectivity index (χ1n) is 12.5. The molecular weight excluding hydrogens is 538 g/mol. The Morgan fingerprint density at radius 3 is 2.54 bits per heavy atom. The summed E-state index contributed by atoms with van der Waals surface area (Å²) in [5.74, 6) is -0.414. The average molecular weight is 578 g/mol. The molecule has 6 nitrogen and oxygen atoms in total. The van der Waals surface area contributed by atoms with Crippen molar-refractivity contribution in [2.45, 2.75) is 57.2 Å². The highest BCUT2D eigenvalue weighted by Gasteiger charge is 2.41. The van der Waals surface area contributed by atoms with Gasteiger partial charge in [-0.3, -0.25) is 19.3 Å². The molecule has 2 unspecified atom stereocenters. The van der Waals surface area contributed by atoms with Crippen molar-refractivity contribution in [3.63, 3.8) is 0 Å². The Balaban J connectivity index is 0.00000342. The molecule has 1 aliphatic heterocycles. The molecule has 2 aliphatic rings. The number of esters is 1. The molecule has 0 amide bonds. The second-order valence-electron chi connectivity index (χ2n) is 9.41. The monoisotopic (exact) mass is 576 g/mol. The summed E-state index contributed by atoms with van der Waals surface area (Å²) >= 11 is 1.33. The lowest BCUT2D eigenvalue weighted by Crippen LogP contribution is -2.43. The smallest absolute Gasteiger partial charge is 0.305 e. The molecule has 1 aliphatic carbocycles. The van der Waals surface area contributed by atoms with E-state index in [9.17, 15) is 18.8 Å². The lowest BCUT2D eigenvalue weighted by atomic mass is 9.93. The standard InChI is InChI=1S/C27H37FN2O4S.2ClH/c1-4-34-25(32)10-7-15-29(3)16-13-21-18-30(17-14-24(21)35-19(2)31)26(27(33)20-11-12-20)22-8-5-6-9-23(22)28;;/h5-6,8-9,13,20,24,26H,4,7,10-12,14-18H2,1-3H3;2*1H/b21-13+;;. The predicted octanol–water partition coefficient (Wildman–Crippen LogP) is 5.25. The number of carbonyl (C=O) groups is 3. The number of likely N-dealkylation sites (N-methyl/N-ethyl adjacent to an activating group) is 1. The summed E-state index contributed by atoms with van der Waals surface area (Å²) in [7, 11) is 1.99. The molecule has 208 valence electrons. The summed E-state index contributed by atoms with van der Waals surface area (Å²) in [5, 5.41) is 0.117. The number of hydrogen-bond donors (Lipinski definition) is 0. The molecule has 1 saturated heterocycles. The van der Waals surface area contributed by atoms with Gasteiger partial charge < -0.3 is 9.64 Å². The summed E-state index contributed by atoms with van der Waals surface area (Å²) in [6, 6.07) is 5.97. The van der Waals surface area contributed by atoms with Crippen molar-refractivity contribution in [2.75, 3.05) is 39.8 Å². The second kappa shape index (κ2) is 16.5. The zero-order chi connectivity index (χ0) is 25.4. The highest BCUT2D eigenvalue weighted by molar-refractivity contribution is 8.14. The molecule has 0 bridgehead atoms. The third-order valence-electron chi connectivity index (χ3n) is 6.49. The lowest BCUT2D eigenvalue weighted by Gasteiger charge is -2.38. The zero-order valence-electron chi connectivity index (χ0n) is 21.8. The van der Waals surface area contributed by atoms with Gasteiger partial charge in [0, 0.05) is 49.7 Å². The van der Waals surface area contributed by atoms with Crippen LogP contribution in [0.3, 0.4) is 0 Å². The summed E-state index contributed by atoms with van der Waals surface area (Å²) in [6.45, 7) is 6.34. The van der Waals surface area contributed by atoms with Crippen LogP contribution in [0.5, 0.6) is 0 Å². The van der Waals surface area contributed by atoms with E-state index in [1.54, 1.807) is 32.0 Å². The van der Waals surface area contributed by atoms with Crippen LogP contribution in [0.15, 0.2) is 35.9 Å². The van der Waals surface area contributed by atoms with Crippen LogP contribution in [0.25, 0.3) is 0 Å². The minimum atomic E-state index is -0.599. The SMILES string of the molecule is CCOC(=O)CCCN(C)C/C=C1\CN(C(C(=O)C2CC2)c2ccccc2F)CCC1SC(C)=O.Cl.Cl. The highest BCUT2D eigenvalue weighted by Crippen LogP contribution is 2.40. The van der Waals surface area contributed by atoms with E-state index in [2.05, 4.69) is 15.9 Å². The number of likely N-dealkylation sites (tertiary alicyclic amines) is 1. The van der Waals surface area contributed by atoms with E-state index in [0.29, 0.717) is 44.6 Å². The fourth-order valence-electron chi connectivity index (χ4n) is 4.54. The van der Waals surface area contributed by atoms with E-state index in [-0.39, 0.29) is 58.7 Å². The maximum atomic E-state index is 14.8. The Hall–Kier alpha value is -1.45. The third-order valence-corrected chi connectivity index (χ3v) is 7.65. The van der Waals surface area contributed by atoms with Gasteiger partial charge in [0.2, 0.25) is 0 Å². The Morgan fingerprint density at radius 1 is 1.22 bits per heavy atom. The van der Waals surface area contributed by atoms with Crippen molar-refractivity contribution in [3.8, 4) is 0 Å². The molecule has 2 fully saturated rings. The number of hydrogen-bond acceptors (Lipinski definition) is 7. The fraction of sp³-hybridized carbons (Fsp3) is 0.593. The number of carbonyl (C=O) groups excluding carboxylic acids is 3. The van der Waals surface area contributed by atoms with Crippen LogP contribution in [0.2, 0.25) is 0 Å². The number of nitrogens with zero attached hydrogens (tertiary/aromatic N) is 2. The topological polar surface area (TPSA) is 66.9 Å². The number of benzene rings is 1. The second-order valence-corrected chi connectivity index (χ2v) is 10.8. The number of ketones is 1. The molecule has 3 rings (SSSR count). The normalized spacial score (nSPS) is 19.6. The Kier molecular flexibility index (Phi) is 15.0. The van der Waals surface area contributed by atoms with Crippen LogP contribution in [-0.2, 0) is 19.1 Å². The van der Waals surface area contributed by atoms with E-state index in [1.807, 2.05) is 7.05 Å². The third kappa shape index (κ3) is 10.3. The van der Waals surface area contributed by atoms with Crippen molar-refractivity contribution in [1.29, 1.82) is 0 Å². The minimum absolute atomic E-state index is 0. The van der Waals surface area contributed by atoms with Gasteiger partial charge >= 0.3 is 5.97 Å². The number of halogens is 3. The number of rotatable bonds is 12. The molecule has 1 saturated carbocycles. The molecule has 0 spiro atoms. The van der Waals surface area contributed by atoms with Crippen LogP contribution in [0, 0.1) is 11.7 Å². The number of ether oxygens (including phenoxy) is 1. The first kappa shape index (κ1) is 33.6. The summed E-state index contributed by atoms with van der Waals surface area (Å²) in [5.41, 5.74) is 1.54. The Labute approximate surface area is 236 Å². The van der Waals surface area contributed by atoms with Gasteiger partial charge in [-0.25, -0.2) is 4.39 Å². The van der Waals surface area contributed by atoms with Crippen LogP contribution in [0.1, 0.15) is 57.6 Å². The van der Waals surface area contributed by atoms with Crippen molar-refractivity contribution in [1.82, 2.24) is 9.80 Å². The molecular formula is C27H39Cl2FN2O4S. The van der Waals surface area contributed by atoms with Crippen LogP contribution in [-0.4, -0.2) is 71.8 Å². The van der Waals surface area contributed by atoms with Gasteiger partial charge in [0.15, 0.2) is 10.9 Å². The Bertz CT molecular complexity index is 945. The largest absolute Gasteiger partial charge is 0.466 e. The molecule has 1 aromatic rings. The first-order valence-corrected chi connectivity index (χ1v) is 13.4. The van der Waals surface area contributed by atoms with Crippen molar-refractivity contribution in [2.24, 2.45) is 5.92 Å². The maximum Gasteiger partial charge on any atom is 0.305 e. The number of piperidine rings is 1. The molecule has 1 aromatic carbocycles. The summed E-state index contributed by atoms with van der Waals surface area (Å²) in [4.78, 5) is 41.0. The van der Waals surface area contributed by atoms with Crippen molar-refractivity contribution >= 4 is 53.4 Å². The minimum Gasteiger partial charge on any atom is -0.466 e. The van der Waals surface area contributed by atoms with E-state index in [0.717, 1.165) is 31.4 Å². The molecule has 0 N–H and O–H groups in total. The van der Waals surface area contributed by atoms with E-state index >= 15 is 0 Å². The van der Waals surface area contributed by atoms with Gasteiger partial charge in [-0.05, 0) is 57.8 Å². The molecule has 2 atom stereocenters. The average Bonchev–Trinajstić information content (AvgIpc) is 3.66. The number of Topliss-reactive ketones (excluding diaryl/α,β-unsaturated/α-hetero) is 1. The van der Waals surface area contributed by atoms with E-state index in [4.69, 9.17) is 4.74 Å². The van der Waals surface area contributed by atoms with Crippen LogP contribution >= 0.6 is 36.6 Å². The molecule has 0 aromatic heterocycles. The molecule has 0 radical (unpaired) electrons. The quantitative estimate of drug-likeness (QED) is 0.249. The zero-order valence-corrected chi connectivity index (χ0v) is 24.3. The van der Waals surface area contributed by atoms with Gasteiger partial charge in [-0.15, -0.1) is 24.8 Å². The molecule has 37 heavy (non-hydrogen) atoms. The summed E-state index contributed by atoms with van der Waals surface area (Å²) < 4.78 is 19.8. The van der Waals surface area contributed by atoms with E-state index in [1.165, 1.54) is 17.8 Å². The molecule has 10 heteroatoms. The van der Waals surface area contributed by atoms with E-state index < -0.39 is 6.04 Å². The summed E-state index contributed by atoms with van der Waals surface area (Å²) in [6.07, 6.45) is 5.71. The van der Waals surface area contributed by atoms with Gasteiger partial charge in [-0.2, -0.15) is 0 Å².